The van der Waals surface area contributed by atoms with Gasteiger partial charge in [0.05, 0.1) is 5.69 Å². The Morgan fingerprint density at radius 1 is 1.24 bits per heavy atom. The Morgan fingerprint density at radius 3 is 2.65 bits per heavy atom. The van der Waals surface area contributed by atoms with E-state index in [2.05, 4.69) is 27.1 Å². The van der Waals surface area contributed by atoms with Gasteiger partial charge in [0.15, 0.2) is 0 Å². The lowest BCUT2D eigenvalue weighted by Crippen LogP contribution is -2.38. The van der Waals surface area contributed by atoms with Gasteiger partial charge in [0, 0.05) is 25.0 Å². The van der Waals surface area contributed by atoms with Crippen LogP contribution in [-0.4, -0.2) is 40.5 Å². The van der Waals surface area contributed by atoms with Gasteiger partial charge >= 0.3 is 0 Å². The number of piperidine rings is 1. The summed E-state index contributed by atoms with van der Waals surface area (Å²) in [4.78, 5) is 11.1. The SMILES string of the molecule is Cc1nccnc1NC(C)CN1CCCCC1. The van der Waals surface area contributed by atoms with Crippen molar-refractivity contribution in [2.45, 2.75) is 39.2 Å². The lowest BCUT2D eigenvalue weighted by atomic mass is 10.1. The Hall–Kier alpha value is -1.16. The molecule has 0 spiro atoms. The van der Waals surface area contributed by atoms with Crippen LogP contribution in [0, 0.1) is 6.92 Å². The summed E-state index contributed by atoms with van der Waals surface area (Å²) in [6.07, 6.45) is 7.55. The monoisotopic (exact) mass is 234 g/mol. The summed E-state index contributed by atoms with van der Waals surface area (Å²) in [7, 11) is 0. The van der Waals surface area contributed by atoms with Gasteiger partial charge in [0.2, 0.25) is 0 Å². The Labute approximate surface area is 103 Å². The van der Waals surface area contributed by atoms with Crippen LogP contribution in [0.4, 0.5) is 5.82 Å². The van der Waals surface area contributed by atoms with Gasteiger partial charge in [-0.25, -0.2) is 4.98 Å². The summed E-state index contributed by atoms with van der Waals surface area (Å²) in [5, 5.41) is 3.44. The Kier molecular flexibility index (Phi) is 4.31. The van der Waals surface area contributed by atoms with Crippen LogP contribution >= 0.6 is 0 Å². The Balaban J connectivity index is 1.84. The molecule has 1 N–H and O–H groups in total. The van der Waals surface area contributed by atoms with Gasteiger partial charge in [-0.2, -0.15) is 0 Å². The number of hydrogen-bond acceptors (Lipinski definition) is 4. The number of likely N-dealkylation sites (tertiary alicyclic amines) is 1. The van der Waals surface area contributed by atoms with Crippen LogP contribution in [0.5, 0.6) is 0 Å². The number of aromatic nitrogens is 2. The summed E-state index contributed by atoms with van der Waals surface area (Å²) in [5.41, 5.74) is 0.970. The van der Waals surface area contributed by atoms with Crippen LogP contribution in [0.3, 0.4) is 0 Å². The normalized spacial score (nSPS) is 18.9. The van der Waals surface area contributed by atoms with Crippen molar-refractivity contribution in [2.75, 3.05) is 25.0 Å². The van der Waals surface area contributed by atoms with E-state index in [1.807, 2.05) is 6.92 Å². The molecular formula is C13H22N4. The van der Waals surface area contributed by atoms with Gasteiger partial charge in [-0.15, -0.1) is 0 Å². The maximum absolute atomic E-state index is 4.32. The fourth-order valence-electron chi connectivity index (χ4n) is 2.36. The second-order valence-corrected chi connectivity index (χ2v) is 4.90. The quantitative estimate of drug-likeness (QED) is 0.866. The van der Waals surface area contributed by atoms with Gasteiger partial charge in [-0.1, -0.05) is 6.42 Å². The topological polar surface area (TPSA) is 41.1 Å². The molecule has 1 fully saturated rings. The van der Waals surface area contributed by atoms with Crippen LogP contribution in [0.1, 0.15) is 31.9 Å². The van der Waals surface area contributed by atoms with Crippen molar-refractivity contribution < 1.29 is 0 Å². The zero-order chi connectivity index (χ0) is 12.1. The molecule has 1 aromatic rings. The zero-order valence-corrected chi connectivity index (χ0v) is 10.8. The third-order valence-corrected chi connectivity index (χ3v) is 3.25. The molecule has 1 atom stereocenters. The highest BCUT2D eigenvalue weighted by Gasteiger charge is 2.14. The van der Waals surface area contributed by atoms with Crippen molar-refractivity contribution >= 4 is 5.82 Å². The van der Waals surface area contributed by atoms with Gasteiger partial charge in [-0.3, -0.25) is 4.98 Å². The molecule has 2 rings (SSSR count). The summed E-state index contributed by atoms with van der Waals surface area (Å²) < 4.78 is 0. The molecule has 4 nitrogen and oxygen atoms in total. The third-order valence-electron chi connectivity index (χ3n) is 3.25. The van der Waals surface area contributed by atoms with E-state index in [-0.39, 0.29) is 0 Å². The van der Waals surface area contributed by atoms with Gasteiger partial charge < -0.3 is 10.2 Å². The average molecular weight is 234 g/mol. The van der Waals surface area contributed by atoms with Crippen molar-refractivity contribution in [3.8, 4) is 0 Å². The Bertz CT molecular complexity index is 347. The maximum atomic E-state index is 4.32. The smallest absolute Gasteiger partial charge is 0.147 e. The number of aryl methyl sites for hydroxylation is 1. The molecule has 0 saturated carbocycles. The first kappa shape index (κ1) is 12.3. The summed E-state index contributed by atoms with van der Waals surface area (Å²) in [6.45, 7) is 7.78. The minimum absolute atomic E-state index is 0.420. The van der Waals surface area contributed by atoms with E-state index in [0.717, 1.165) is 18.1 Å². The number of hydrogen-bond donors (Lipinski definition) is 1. The highest BCUT2D eigenvalue weighted by molar-refractivity contribution is 5.39. The van der Waals surface area contributed by atoms with Crippen molar-refractivity contribution in [1.82, 2.24) is 14.9 Å². The van der Waals surface area contributed by atoms with Crippen molar-refractivity contribution in [1.29, 1.82) is 0 Å². The predicted molar refractivity (Wildman–Crippen MR) is 70.1 cm³/mol. The molecule has 1 aliphatic rings. The van der Waals surface area contributed by atoms with E-state index in [4.69, 9.17) is 0 Å². The van der Waals surface area contributed by atoms with Crippen LogP contribution in [-0.2, 0) is 0 Å². The van der Waals surface area contributed by atoms with E-state index >= 15 is 0 Å². The van der Waals surface area contributed by atoms with Gasteiger partial charge in [0.25, 0.3) is 0 Å². The average Bonchev–Trinajstić information content (AvgIpc) is 2.33. The molecule has 1 aliphatic heterocycles. The minimum atomic E-state index is 0.420. The predicted octanol–water partition coefficient (Wildman–Crippen LogP) is 2.07. The molecule has 94 valence electrons. The largest absolute Gasteiger partial charge is 0.365 e. The molecule has 2 heterocycles. The van der Waals surface area contributed by atoms with Crippen molar-refractivity contribution in [3.05, 3.63) is 18.1 Å². The molecule has 4 heteroatoms. The standard InChI is InChI=1S/C13H22N4/c1-11(10-17-8-4-3-5-9-17)16-13-12(2)14-6-7-15-13/h6-7,11H,3-5,8-10H2,1-2H3,(H,15,16). The van der Waals surface area contributed by atoms with Gasteiger partial charge in [-0.05, 0) is 39.8 Å². The highest BCUT2D eigenvalue weighted by atomic mass is 15.2. The van der Waals surface area contributed by atoms with Crippen LogP contribution in [0.25, 0.3) is 0 Å². The molecule has 0 radical (unpaired) electrons. The number of anilines is 1. The lowest BCUT2D eigenvalue weighted by Gasteiger charge is -2.29. The lowest BCUT2D eigenvalue weighted by molar-refractivity contribution is 0.223. The molecule has 0 bridgehead atoms. The maximum Gasteiger partial charge on any atom is 0.147 e. The fourth-order valence-corrected chi connectivity index (χ4v) is 2.36. The van der Waals surface area contributed by atoms with E-state index in [0.29, 0.717) is 6.04 Å². The first-order chi connectivity index (χ1) is 8.25. The molecule has 0 amide bonds. The van der Waals surface area contributed by atoms with Crippen molar-refractivity contribution in [3.63, 3.8) is 0 Å². The molecular weight excluding hydrogens is 212 g/mol. The second kappa shape index (κ2) is 5.96. The number of nitrogens with zero attached hydrogens (tertiary/aromatic N) is 3. The van der Waals surface area contributed by atoms with E-state index in [1.165, 1.54) is 32.4 Å². The molecule has 17 heavy (non-hydrogen) atoms. The highest BCUT2D eigenvalue weighted by Crippen LogP contribution is 2.12. The Morgan fingerprint density at radius 2 is 1.94 bits per heavy atom. The minimum Gasteiger partial charge on any atom is -0.365 e. The van der Waals surface area contributed by atoms with E-state index < -0.39 is 0 Å². The first-order valence-corrected chi connectivity index (χ1v) is 6.52. The molecule has 1 aromatic heterocycles. The van der Waals surface area contributed by atoms with Crippen molar-refractivity contribution in [2.24, 2.45) is 0 Å². The fraction of sp³-hybridized carbons (Fsp3) is 0.692. The van der Waals surface area contributed by atoms with Crippen LogP contribution in [0.15, 0.2) is 12.4 Å². The third kappa shape index (κ3) is 3.66. The number of rotatable bonds is 4. The molecule has 1 unspecified atom stereocenters. The number of nitrogens with one attached hydrogen (secondary N) is 1. The zero-order valence-electron chi connectivity index (χ0n) is 10.8. The summed E-state index contributed by atoms with van der Waals surface area (Å²) in [5.74, 6) is 0.914. The molecule has 0 aromatic carbocycles. The van der Waals surface area contributed by atoms with E-state index in [9.17, 15) is 0 Å². The molecule has 0 aliphatic carbocycles. The summed E-state index contributed by atoms with van der Waals surface area (Å²) >= 11 is 0. The van der Waals surface area contributed by atoms with Crippen LogP contribution in [0.2, 0.25) is 0 Å². The first-order valence-electron chi connectivity index (χ1n) is 6.52. The molecule has 1 saturated heterocycles. The second-order valence-electron chi connectivity index (χ2n) is 4.90. The van der Waals surface area contributed by atoms with Crippen LogP contribution < -0.4 is 5.32 Å². The summed E-state index contributed by atoms with van der Waals surface area (Å²) in [6, 6.07) is 0.420. The van der Waals surface area contributed by atoms with E-state index in [1.54, 1.807) is 12.4 Å². The van der Waals surface area contributed by atoms with Gasteiger partial charge in [0.1, 0.15) is 5.82 Å².